The summed E-state index contributed by atoms with van der Waals surface area (Å²) >= 11 is 3.45. The number of anilines is 2. The van der Waals surface area contributed by atoms with Crippen molar-refractivity contribution in [2.45, 2.75) is 20.3 Å². The maximum Gasteiger partial charge on any atom is 0.243 e. The molecular formula is C17H19BrN2O. The molecule has 21 heavy (non-hydrogen) atoms. The standard InChI is InChI=1S/C17H19BrN2O/c1-3-13-5-7-14(8-6-13)19-11-17(21)20-16-9-4-12(2)10-15(16)18/h4-10,19H,3,11H2,1-2H3,(H,20,21). The Balaban J connectivity index is 1.89. The van der Waals surface area contributed by atoms with Crippen LogP contribution in [0.3, 0.4) is 0 Å². The van der Waals surface area contributed by atoms with Crippen LogP contribution in [0.1, 0.15) is 18.1 Å². The number of hydrogen-bond donors (Lipinski definition) is 2. The molecule has 0 atom stereocenters. The van der Waals surface area contributed by atoms with Crippen LogP contribution in [0, 0.1) is 6.92 Å². The molecule has 0 unspecified atom stereocenters. The minimum absolute atomic E-state index is 0.0703. The van der Waals surface area contributed by atoms with Crippen molar-refractivity contribution in [2.24, 2.45) is 0 Å². The van der Waals surface area contributed by atoms with Crippen LogP contribution in [0.4, 0.5) is 11.4 Å². The lowest BCUT2D eigenvalue weighted by Crippen LogP contribution is -2.21. The first-order valence-corrected chi connectivity index (χ1v) is 7.76. The molecule has 0 aliphatic rings. The van der Waals surface area contributed by atoms with Crippen LogP contribution in [-0.4, -0.2) is 12.5 Å². The first-order chi connectivity index (χ1) is 10.1. The van der Waals surface area contributed by atoms with Crippen molar-refractivity contribution in [1.29, 1.82) is 0 Å². The minimum atomic E-state index is -0.0703. The van der Waals surface area contributed by atoms with Crippen LogP contribution in [0.15, 0.2) is 46.9 Å². The number of rotatable bonds is 5. The van der Waals surface area contributed by atoms with Crippen molar-refractivity contribution in [2.75, 3.05) is 17.2 Å². The molecule has 3 nitrogen and oxygen atoms in total. The van der Waals surface area contributed by atoms with Gasteiger partial charge in [-0.05, 0) is 64.7 Å². The summed E-state index contributed by atoms with van der Waals surface area (Å²) in [5.41, 5.74) is 4.17. The Bertz CT molecular complexity index is 623. The Morgan fingerprint density at radius 1 is 1.14 bits per heavy atom. The van der Waals surface area contributed by atoms with Gasteiger partial charge in [0.15, 0.2) is 0 Å². The molecule has 2 aromatic carbocycles. The lowest BCUT2D eigenvalue weighted by Gasteiger charge is -2.10. The number of amides is 1. The first kappa shape index (κ1) is 15.6. The smallest absolute Gasteiger partial charge is 0.243 e. The van der Waals surface area contributed by atoms with Crippen molar-refractivity contribution in [3.63, 3.8) is 0 Å². The molecule has 0 radical (unpaired) electrons. The number of halogens is 1. The third-order valence-electron chi connectivity index (χ3n) is 3.21. The average molecular weight is 347 g/mol. The van der Waals surface area contributed by atoms with Crippen LogP contribution in [-0.2, 0) is 11.2 Å². The van der Waals surface area contributed by atoms with E-state index < -0.39 is 0 Å². The second-order valence-corrected chi connectivity index (χ2v) is 5.79. The van der Waals surface area contributed by atoms with Gasteiger partial charge in [0.05, 0.1) is 12.2 Å². The number of nitrogens with one attached hydrogen (secondary N) is 2. The number of benzene rings is 2. The quantitative estimate of drug-likeness (QED) is 0.843. The normalized spacial score (nSPS) is 10.2. The van der Waals surface area contributed by atoms with Gasteiger partial charge in [0.25, 0.3) is 0 Å². The van der Waals surface area contributed by atoms with E-state index in [0.717, 1.165) is 27.8 Å². The first-order valence-electron chi connectivity index (χ1n) is 6.97. The fraction of sp³-hybridized carbons (Fsp3) is 0.235. The van der Waals surface area contributed by atoms with Crippen molar-refractivity contribution in [3.8, 4) is 0 Å². The van der Waals surface area contributed by atoms with Gasteiger partial charge in [0.2, 0.25) is 5.91 Å². The van der Waals surface area contributed by atoms with E-state index in [9.17, 15) is 4.79 Å². The summed E-state index contributed by atoms with van der Waals surface area (Å²) in [6, 6.07) is 14.0. The maximum absolute atomic E-state index is 12.0. The fourth-order valence-corrected chi connectivity index (χ4v) is 2.55. The van der Waals surface area contributed by atoms with E-state index >= 15 is 0 Å². The van der Waals surface area contributed by atoms with E-state index in [1.165, 1.54) is 5.56 Å². The predicted octanol–water partition coefficient (Wildman–Crippen LogP) is 4.37. The van der Waals surface area contributed by atoms with Crippen LogP contribution < -0.4 is 10.6 Å². The highest BCUT2D eigenvalue weighted by atomic mass is 79.9. The number of carbonyl (C=O) groups excluding carboxylic acids is 1. The molecule has 2 aromatic rings. The Labute approximate surface area is 133 Å². The highest BCUT2D eigenvalue weighted by molar-refractivity contribution is 9.10. The van der Waals surface area contributed by atoms with Crippen LogP contribution in [0.5, 0.6) is 0 Å². The molecule has 0 aliphatic carbocycles. The SMILES string of the molecule is CCc1ccc(NCC(=O)Nc2ccc(C)cc2Br)cc1. The van der Waals surface area contributed by atoms with Gasteiger partial charge >= 0.3 is 0 Å². The third-order valence-corrected chi connectivity index (χ3v) is 3.87. The second kappa shape index (κ2) is 7.27. The van der Waals surface area contributed by atoms with Gasteiger partial charge in [0.1, 0.15) is 0 Å². The minimum Gasteiger partial charge on any atom is -0.376 e. The maximum atomic E-state index is 12.0. The van der Waals surface area contributed by atoms with E-state index in [4.69, 9.17) is 0 Å². The molecule has 0 aliphatic heterocycles. The zero-order valence-electron chi connectivity index (χ0n) is 12.2. The summed E-state index contributed by atoms with van der Waals surface area (Å²) in [5, 5.41) is 6.00. The van der Waals surface area contributed by atoms with Gasteiger partial charge in [-0.2, -0.15) is 0 Å². The highest BCUT2D eigenvalue weighted by Gasteiger charge is 2.05. The molecule has 0 fully saturated rings. The lowest BCUT2D eigenvalue weighted by atomic mass is 10.1. The molecule has 0 aromatic heterocycles. The summed E-state index contributed by atoms with van der Waals surface area (Å²) in [7, 11) is 0. The van der Waals surface area contributed by atoms with Crippen molar-refractivity contribution in [3.05, 3.63) is 58.1 Å². The number of hydrogen-bond acceptors (Lipinski definition) is 2. The third kappa shape index (κ3) is 4.60. The summed E-state index contributed by atoms with van der Waals surface area (Å²) in [6.45, 7) is 4.37. The largest absolute Gasteiger partial charge is 0.376 e. The van der Waals surface area contributed by atoms with Gasteiger partial charge in [-0.15, -0.1) is 0 Å². The van der Waals surface area contributed by atoms with Gasteiger partial charge < -0.3 is 10.6 Å². The molecule has 0 heterocycles. The second-order valence-electron chi connectivity index (χ2n) is 4.94. The number of carbonyl (C=O) groups is 1. The molecule has 1 amide bonds. The van der Waals surface area contributed by atoms with Gasteiger partial charge in [0, 0.05) is 10.2 Å². The Kier molecular flexibility index (Phi) is 5.39. The molecule has 0 saturated carbocycles. The van der Waals surface area contributed by atoms with Gasteiger partial charge in [-0.1, -0.05) is 25.1 Å². The molecule has 0 spiro atoms. The lowest BCUT2D eigenvalue weighted by molar-refractivity contribution is -0.114. The Morgan fingerprint density at radius 3 is 2.48 bits per heavy atom. The van der Waals surface area contributed by atoms with Crippen LogP contribution in [0.25, 0.3) is 0 Å². The average Bonchev–Trinajstić information content (AvgIpc) is 2.48. The summed E-state index contributed by atoms with van der Waals surface area (Å²) in [4.78, 5) is 12.0. The summed E-state index contributed by atoms with van der Waals surface area (Å²) < 4.78 is 0.892. The highest BCUT2D eigenvalue weighted by Crippen LogP contribution is 2.23. The molecule has 0 bridgehead atoms. The van der Waals surface area contributed by atoms with E-state index in [2.05, 4.69) is 45.6 Å². The zero-order chi connectivity index (χ0) is 15.2. The van der Waals surface area contributed by atoms with E-state index in [-0.39, 0.29) is 12.5 Å². The Hall–Kier alpha value is -1.81. The van der Waals surface area contributed by atoms with Gasteiger partial charge in [-0.25, -0.2) is 0 Å². The van der Waals surface area contributed by atoms with Crippen molar-refractivity contribution >= 4 is 33.2 Å². The molecule has 110 valence electrons. The molecule has 4 heteroatoms. The summed E-state index contributed by atoms with van der Waals surface area (Å²) in [6.07, 6.45) is 1.02. The van der Waals surface area contributed by atoms with Crippen molar-refractivity contribution in [1.82, 2.24) is 0 Å². The van der Waals surface area contributed by atoms with Gasteiger partial charge in [-0.3, -0.25) is 4.79 Å². The molecule has 2 N–H and O–H groups in total. The topological polar surface area (TPSA) is 41.1 Å². The van der Waals surface area contributed by atoms with E-state index in [1.54, 1.807) is 0 Å². The molecule has 2 rings (SSSR count). The van der Waals surface area contributed by atoms with E-state index in [1.807, 2.05) is 37.3 Å². The Morgan fingerprint density at radius 2 is 1.86 bits per heavy atom. The van der Waals surface area contributed by atoms with E-state index in [0.29, 0.717) is 0 Å². The number of aryl methyl sites for hydroxylation is 2. The fourth-order valence-electron chi connectivity index (χ4n) is 1.96. The monoisotopic (exact) mass is 346 g/mol. The van der Waals surface area contributed by atoms with Crippen LogP contribution in [0.2, 0.25) is 0 Å². The summed E-state index contributed by atoms with van der Waals surface area (Å²) in [5.74, 6) is -0.0703. The van der Waals surface area contributed by atoms with Crippen molar-refractivity contribution < 1.29 is 4.79 Å². The zero-order valence-corrected chi connectivity index (χ0v) is 13.8. The molecular weight excluding hydrogens is 328 g/mol. The molecule has 0 saturated heterocycles. The van der Waals surface area contributed by atoms with Crippen LogP contribution >= 0.6 is 15.9 Å². The predicted molar refractivity (Wildman–Crippen MR) is 91.8 cm³/mol.